The molecule has 4 aromatic rings. The molecule has 2 aliphatic rings. The van der Waals surface area contributed by atoms with E-state index in [1.165, 1.54) is 38.1 Å². The molecule has 0 unspecified atom stereocenters. The molecule has 6 rings (SSSR count). The van der Waals surface area contributed by atoms with Crippen molar-refractivity contribution in [1.82, 2.24) is 9.88 Å². The van der Waals surface area contributed by atoms with E-state index in [1.54, 1.807) is 36.8 Å². The van der Waals surface area contributed by atoms with Gasteiger partial charge in [0.2, 0.25) is 0 Å². The van der Waals surface area contributed by atoms with Crippen LogP contribution in [0, 0.1) is 11.7 Å². The zero-order valence-corrected chi connectivity index (χ0v) is 29.1. The summed E-state index contributed by atoms with van der Waals surface area (Å²) in [6, 6.07) is 16.0. The molecule has 3 aromatic carbocycles. The number of ether oxygens (including phenoxy) is 3. The second kappa shape index (κ2) is 14.2. The van der Waals surface area contributed by atoms with E-state index in [0.717, 1.165) is 60.2 Å². The molecule has 2 atom stereocenters. The zero-order chi connectivity index (χ0) is 33.9. The van der Waals surface area contributed by atoms with E-state index in [4.69, 9.17) is 14.2 Å². The first-order valence-electron chi connectivity index (χ1n) is 15.9. The van der Waals surface area contributed by atoms with Crippen LogP contribution in [-0.4, -0.2) is 64.8 Å². The Labute approximate surface area is 286 Å². The van der Waals surface area contributed by atoms with Crippen molar-refractivity contribution in [3.05, 3.63) is 95.3 Å². The number of benzene rings is 3. The van der Waals surface area contributed by atoms with Gasteiger partial charge in [0.25, 0.3) is 10.0 Å². The third kappa shape index (κ3) is 6.74. The SMILES string of the molecule is C=Cc1cc(S(=O)(=O)N(Cc2ccc(OC)cc2OC)c2nccs2)c(F)cc1NC[C@]12CCCN1C[C@@H](Cc1ccc(OC)cc1)C2. The van der Waals surface area contributed by atoms with Gasteiger partial charge in [-0.1, -0.05) is 24.8 Å². The van der Waals surface area contributed by atoms with Crippen molar-refractivity contribution in [1.29, 1.82) is 0 Å². The normalized spacial score (nSPS) is 19.1. The predicted octanol–water partition coefficient (Wildman–Crippen LogP) is 6.86. The Kier molecular flexibility index (Phi) is 9.95. The molecule has 0 aliphatic carbocycles. The Balaban J connectivity index is 1.23. The highest BCUT2D eigenvalue weighted by atomic mass is 32.2. The second-order valence-corrected chi connectivity index (χ2v) is 15.0. The summed E-state index contributed by atoms with van der Waals surface area (Å²) in [4.78, 5) is 6.38. The molecule has 1 aromatic heterocycles. The van der Waals surface area contributed by atoms with Gasteiger partial charge in [0.05, 0.1) is 27.9 Å². The van der Waals surface area contributed by atoms with Gasteiger partial charge in [-0.05, 0) is 85.7 Å². The van der Waals surface area contributed by atoms with E-state index in [1.807, 2.05) is 12.1 Å². The summed E-state index contributed by atoms with van der Waals surface area (Å²) in [6.45, 7) is 6.48. The number of aromatic nitrogens is 1. The topological polar surface area (TPSA) is 93.2 Å². The number of thiazole rings is 1. The van der Waals surface area contributed by atoms with Crippen molar-refractivity contribution in [2.75, 3.05) is 50.6 Å². The number of sulfonamides is 1. The van der Waals surface area contributed by atoms with E-state index in [-0.39, 0.29) is 17.2 Å². The standard InChI is InChI=1S/C36H41FN4O5S2/c1-5-27-18-34(48(42,43)41(35-38-14-16-47-35)23-28-9-12-30(45-3)19-33(28)46-4)31(37)20-32(27)39-24-36-13-6-15-40(36)22-26(21-36)17-25-7-10-29(44-2)11-8-25/h5,7-12,14,16,18-20,26,39H,1,6,13,15,17,21-24H2,2-4H3/t26-,36+/m0/s1. The van der Waals surface area contributed by atoms with Crippen molar-refractivity contribution in [2.24, 2.45) is 5.92 Å². The minimum Gasteiger partial charge on any atom is -0.497 e. The highest BCUT2D eigenvalue weighted by Crippen LogP contribution is 2.43. The lowest BCUT2D eigenvalue weighted by Gasteiger charge is -2.33. The van der Waals surface area contributed by atoms with Gasteiger partial charge < -0.3 is 19.5 Å². The third-order valence-electron chi connectivity index (χ3n) is 9.51. The van der Waals surface area contributed by atoms with Crippen LogP contribution in [0.15, 0.2) is 77.6 Å². The van der Waals surface area contributed by atoms with Crippen molar-refractivity contribution in [3.8, 4) is 17.2 Å². The van der Waals surface area contributed by atoms with Crippen LogP contribution < -0.4 is 23.8 Å². The van der Waals surface area contributed by atoms with Gasteiger partial charge in [-0.15, -0.1) is 11.3 Å². The van der Waals surface area contributed by atoms with Gasteiger partial charge in [0.15, 0.2) is 5.13 Å². The van der Waals surface area contributed by atoms with Crippen molar-refractivity contribution >= 4 is 38.3 Å². The summed E-state index contributed by atoms with van der Waals surface area (Å²) < 4.78 is 61.7. The molecule has 0 spiro atoms. The molecule has 2 fully saturated rings. The number of nitrogens with zero attached hydrogens (tertiary/aromatic N) is 3. The van der Waals surface area contributed by atoms with Gasteiger partial charge in [-0.3, -0.25) is 4.90 Å². The Morgan fingerprint density at radius 1 is 1.10 bits per heavy atom. The maximum absolute atomic E-state index is 16.0. The van der Waals surface area contributed by atoms with Crippen LogP contribution in [-0.2, 0) is 23.0 Å². The van der Waals surface area contributed by atoms with E-state index >= 15 is 4.39 Å². The fraction of sp³-hybridized carbons (Fsp3) is 0.361. The monoisotopic (exact) mass is 692 g/mol. The first-order chi connectivity index (χ1) is 23.2. The number of hydrogen-bond acceptors (Lipinski definition) is 9. The lowest BCUT2D eigenvalue weighted by atomic mass is 9.87. The largest absolute Gasteiger partial charge is 0.497 e. The van der Waals surface area contributed by atoms with Crippen molar-refractivity contribution in [2.45, 2.75) is 42.7 Å². The first kappa shape index (κ1) is 33.8. The number of halogens is 1. The van der Waals surface area contributed by atoms with Gasteiger partial charge in [-0.25, -0.2) is 22.1 Å². The van der Waals surface area contributed by atoms with Crippen LogP contribution in [0.25, 0.3) is 6.08 Å². The van der Waals surface area contributed by atoms with E-state index in [0.29, 0.717) is 40.8 Å². The van der Waals surface area contributed by atoms with E-state index in [2.05, 4.69) is 33.9 Å². The van der Waals surface area contributed by atoms with Gasteiger partial charge in [-0.2, -0.15) is 0 Å². The molecule has 0 bridgehead atoms. The third-order valence-corrected chi connectivity index (χ3v) is 12.2. The highest BCUT2D eigenvalue weighted by Gasteiger charge is 2.48. The van der Waals surface area contributed by atoms with Crippen LogP contribution in [0.5, 0.6) is 17.2 Å². The average Bonchev–Trinajstić information content (AvgIpc) is 3.84. The number of fused-ring (bicyclic) bond motifs is 1. The highest BCUT2D eigenvalue weighted by molar-refractivity contribution is 7.93. The minimum absolute atomic E-state index is 0.0458. The van der Waals surface area contributed by atoms with Crippen LogP contribution in [0.3, 0.4) is 0 Å². The van der Waals surface area contributed by atoms with Gasteiger partial charge in [0.1, 0.15) is 28.0 Å². The summed E-state index contributed by atoms with van der Waals surface area (Å²) in [6.07, 6.45) is 7.26. The maximum atomic E-state index is 16.0. The zero-order valence-electron chi connectivity index (χ0n) is 27.4. The second-order valence-electron chi connectivity index (χ2n) is 12.3. The lowest BCUT2D eigenvalue weighted by molar-refractivity contribution is 0.209. The fourth-order valence-corrected chi connectivity index (χ4v) is 9.48. The van der Waals surface area contributed by atoms with Crippen molar-refractivity contribution in [3.63, 3.8) is 0 Å². The summed E-state index contributed by atoms with van der Waals surface area (Å²) >= 11 is 1.15. The van der Waals surface area contributed by atoms with E-state index in [9.17, 15) is 8.42 Å². The number of rotatable bonds is 14. The average molecular weight is 693 g/mol. The molecule has 0 radical (unpaired) electrons. The number of methoxy groups -OCH3 is 3. The van der Waals surface area contributed by atoms with Crippen LogP contribution >= 0.6 is 11.3 Å². The quantitative estimate of drug-likeness (QED) is 0.153. The Morgan fingerprint density at radius 2 is 1.88 bits per heavy atom. The summed E-state index contributed by atoms with van der Waals surface area (Å²) in [7, 11) is 0.308. The van der Waals surface area contributed by atoms with Crippen LogP contribution in [0.1, 0.15) is 36.0 Å². The Hall–Kier alpha value is -4.13. The predicted molar refractivity (Wildman–Crippen MR) is 188 cm³/mol. The molecule has 2 aliphatic heterocycles. The molecule has 12 heteroatoms. The lowest BCUT2D eigenvalue weighted by Crippen LogP contribution is -2.44. The number of nitrogens with one attached hydrogen (secondary N) is 1. The first-order valence-corrected chi connectivity index (χ1v) is 18.2. The number of hydrogen-bond donors (Lipinski definition) is 1. The molecule has 3 heterocycles. The summed E-state index contributed by atoms with van der Waals surface area (Å²) in [5.74, 6) is 1.51. The van der Waals surface area contributed by atoms with Gasteiger partial charge in [0, 0.05) is 47.5 Å². The van der Waals surface area contributed by atoms with Crippen LogP contribution in [0.4, 0.5) is 15.2 Å². The summed E-state index contributed by atoms with van der Waals surface area (Å²) in [5, 5.41) is 5.38. The molecule has 254 valence electrons. The maximum Gasteiger partial charge on any atom is 0.269 e. The smallest absolute Gasteiger partial charge is 0.269 e. The minimum atomic E-state index is -4.40. The van der Waals surface area contributed by atoms with Gasteiger partial charge >= 0.3 is 0 Å². The van der Waals surface area contributed by atoms with E-state index < -0.39 is 20.7 Å². The molecular formula is C36H41FN4O5S2. The molecule has 0 saturated carbocycles. The molecule has 2 saturated heterocycles. The van der Waals surface area contributed by atoms with Crippen LogP contribution in [0.2, 0.25) is 0 Å². The summed E-state index contributed by atoms with van der Waals surface area (Å²) in [5.41, 5.74) is 2.83. The molecule has 48 heavy (non-hydrogen) atoms. The Morgan fingerprint density at radius 3 is 2.56 bits per heavy atom. The molecule has 1 N–H and O–H groups in total. The molecule has 0 amide bonds. The fourth-order valence-electron chi connectivity index (χ4n) is 7.13. The van der Waals surface area contributed by atoms with Crippen molar-refractivity contribution < 1.29 is 27.0 Å². The number of anilines is 2. The molecule has 9 nitrogen and oxygen atoms in total. The molecular weight excluding hydrogens is 652 g/mol. The Bertz CT molecular complexity index is 1850.